The number of benzene rings is 2. The van der Waals surface area contributed by atoms with E-state index in [0.717, 1.165) is 11.1 Å². The minimum atomic E-state index is 0.347. The first-order chi connectivity index (χ1) is 9.08. The second-order valence-electron chi connectivity index (χ2n) is 3.90. The SMILES string of the molecule is NC(=S)c1cccc(COc2c(Cl)cccc2Cl)c1. The molecule has 0 spiro atoms. The smallest absolute Gasteiger partial charge is 0.156 e. The van der Waals surface area contributed by atoms with E-state index < -0.39 is 0 Å². The van der Waals surface area contributed by atoms with Gasteiger partial charge in [-0.3, -0.25) is 0 Å². The summed E-state index contributed by atoms with van der Waals surface area (Å²) in [6.45, 7) is 0.347. The molecule has 0 aliphatic heterocycles. The molecule has 0 saturated carbocycles. The van der Waals surface area contributed by atoms with E-state index in [1.165, 1.54) is 0 Å². The highest BCUT2D eigenvalue weighted by molar-refractivity contribution is 7.80. The Bertz CT molecular complexity index is 596. The van der Waals surface area contributed by atoms with Crippen LogP contribution in [-0.2, 0) is 6.61 Å². The lowest BCUT2D eigenvalue weighted by Crippen LogP contribution is -2.09. The second-order valence-corrected chi connectivity index (χ2v) is 5.16. The van der Waals surface area contributed by atoms with E-state index in [1.807, 2.05) is 24.3 Å². The first-order valence-electron chi connectivity index (χ1n) is 5.53. The summed E-state index contributed by atoms with van der Waals surface area (Å²) in [5.41, 5.74) is 7.34. The van der Waals surface area contributed by atoms with Crippen LogP contribution in [0.15, 0.2) is 42.5 Å². The monoisotopic (exact) mass is 311 g/mol. The Morgan fingerprint density at radius 3 is 2.37 bits per heavy atom. The van der Waals surface area contributed by atoms with Crippen molar-refractivity contribution >= 4 is 40.4 Å². The molecule has 0 aliphatic rings. The normalized spacial score (nSPS) is 10.2. The van der Waals surface area contributed by atoms with E-state index >= 15 is 0 Å². The highest BCUT2D eigenvalue weighted by atomic mass is 35.5. The number of thiocarbonyl (C=S) groups is 1. The van der Waals surface area contributed by atoms with Crippen LogP contribution in [0.5, 0.6) is 5.75 Å². The fourth-order valence-electron chi connectivity index (χ4n) is 1.59. The van der Waals surface area contributed by atoms with Gasteiger partial charge in [0.1, 0.15) is 11.6 Å². The van der Waals surface area contributed by atoms with Crippen LogP contribution in [0.25, 0.3) is 0 Å². The van der Waals surface area contributed by atoms with Gasteiger partial charge in [-0.25, -0.2) is 0 Å². The Hall–Kier alpha value is -1.29. The van der Waals surface area contributed by atoms with Crippen LogP contribution in [0.3, 0.4) is 0 Å². The topological polar surface area (TPSA) is 35.2 Å². The maximum Gasteiger partial charge on any atom is 0.156 e. The average molecular weight is 312 g/mol. The molecule has 0 aromatic heterocycles. The van der Waals surface area contributed by atoms with E-state index in [0.29, 0.717) is 27.4 Å². The molecular weight excluding hydrogens is 301 g/mol. The number of ether oxygens (including phenoxy) is 1. The molecule has 0 aliphatic carbocycles. The van der Waals surface area contributed by atoms with Crippen LogP contribution in [0.4, 0.5) is 0 Å². The molecule has 0 atom stereocenters. The second kappa shape index (κ2) is 6.24. The van der Waals surface area contributed by atoms with E-state index in [9.17, 15) is 0 Å². The fraction of sp³-hybridized carbons (Fsp3) is 0.0714. The van der Waals surface area contributed by atoms with Gasteiger partial charge in [0.25, 0.3) is 0 Å². The first-order valence-corrected chi connectivity index (χ1v) is 6.70. The van der Waals surface area contributed by atoms with Crippen LogP contribution < -0.4 is 10.5 Å². The summed E-state index contributed by atoms with van der Waals surface area (Å²) in [5, 5.41) is 0.969. The summed E-state index contributed by atoms with van der Waals surface area (Å²) in [4.78, 5) is 0.359. The van der Waals surface area contributed by atoms with Crippen molar-refractivity contribution in [2.45, 2.75) is 6.61 Å². The Morgan fingerprint density at radius 1 is 1.11 bits per heavy atom. The minimum absolute atomic E-state index is 0.347. The number of para-hydroxylation sites is 1. The molecule has 0 unspecified atom stereocenters. The Kier molecular flexibility index (Phi) is 4.64. The quantitative estimate of drug-likeness (QED) is 0.859. The maximum atomic E-state index is 6.03. The standard InChI is InChI=1S/C14H11Cl2NOS/c15-11-5-2-6-12(16)13(11)18-8-9-3-1-4-10(7-9)14(17)19/h1-7H,8H2,(H2,17,19). The molecule has 2 N–H and O–H groups in total. The van der Waals surface area contributed by atoms with Gasteiger partial charge in [0.2, 0.25) is 0 Å². The molecule has 0 amide bonds. The van der Waals surface area contributed by atoms with Crippen molar-refractivity contribution in [3.05, 3.63) is 63.6 Å². The van der Waals surface area contributed by atoms with Crippen LogP contribution >= 0.6 is 35.4 Å². The number of halogens is 2. The zero-order valence-electron chi connectivity index (χ0n) is 9.90. The van der Waals surface area contributed by atoms with Crippen LogP contribution in [0, 0.1) is 0 Å². The number of nitrogens with two attached hydrogens (primary N) is 1. The van der Waals surface area contributed by atoms with E-state index in [1.54, 1.807) is 18.2 Å². The summed E-state index contributed by atoms with van der Waals surface area (Å²) in [7, 11) is 0. The molecule has 2 rings (SSSR count). The predicted octanol–water partition coefficient (Wildman–Crippen LogP) is 4.21. The zero-order chi connectivity index (χ0) is 13.8. The highest BCUT2D eigenvalue weighted by Crippen LogP contribution is 2.32. The Morgan fingerprint density at radius 2 is 1.74 bits per heavy atom. The molecule has 0 bridgehead atoms. The van der Waals surface area contributed by atoms with Crippen molar-refractivity contribution in [1.82, 2.24) is 0 Å². The molecule has 0 fully saturated rings. The van der Waals surface area contributed by atoms with Crippen molar-refractivity contribution in [1.29, 1.82) is 0 Å². The molecule has 0 saturated heterocycles. The minimum Gasteiger partial charge on any atom is -0.486 e. The lowest BCUT2D eigenvalue weighted by Gasteiger charge is -2.10. The number of hydrogen-bond acceptors (Lipinski definition) is 2. The molecule has 2 aromatic carbocycles. The average Bonchev–Trinajstić information content (AvgIpc) is 2.38. The van der Waals surface area contributed by atoms with Crippen molar-refractivity contribution in [3.63, 3.8) is 0 Å². The molecule has 2 aromatic rings. The van der Waals surface area contributed by atoms with Crippen LogP contribution in [0.2, 0.25) is 10.0 Å². The number of rotatable bonds is 4. The molecule has 2 nitrogen and oxygen atoms in total. The maximum absolute atomic E-state index is 6.03. The van der Waals surface area contributed by atoms with Gasteiger partial charge in [0.15, 0.2) is 5.75 Å². The summed E-state index contributed by atoms with van der Waals surface area (Å²) in [6, 6.07) is 12.8. The van der Waals surface area contributed by atoms with Crippen molar-refractivity contribution < 1.29 is 4.74 Å². The van der Waals surface area contributed by atoms with E-state index in [2.05, 4.69) is 0 Å². The number of hydrogen-bond donors (Lipinski definition) is 1. The molecule has 5 heteroatoms. The van der Waals surface area contributed by atoms with Crippen molar-refractivity contribution in [3.8, 4) is 5.75 Å². The Labute approximate surface area is 127 Å². The summed E-state index contributed by atoms with van der Waals surface area (Å²) < 4.78 is 5.64. The van der Waals surface area contributed by atoms with Gasteiger partial charge < -0.3 is 10.5 Å². The van der Waals surface area contributed by atoms with Gasteiger partial charge in [0.05, 0.1) is 10.0 Å². The third-order valence-electron chi connectivity index (χ3n) is 2.51. The van der Waals surface area contributed by atoms with Gasteiger partial charge >= 0.3 is 0 Å². The third-order valence-corrected chi connectivity index (χ3v) is 3.34. The summed E-state index contributed by atoms with van der Waals surface area (Å²) in [5.74, 6) is 0.478. The molecule has 0 heterocycles. The predicted molar refractivity (Wildman–Crippen MR) is 83.1 cm³/mol. The van der Waals surface area contributed by atoms with Gasteiger partial charge in [-0.15, -0.1) is 0 Å². The van der Waals surface area contributed by atoms with E-state index in [4.69, 9.17) is 45.9 Å². The van der Waals surface area contributed by atoms with Crippen molar-refractivity contribution in [2.24, 2.45) is 5.73 Å². The third kappa shape index (κ3) is 3.60. The molecule has 19 heavy (non-hydrogen) atoms. The molecule has 98 valence electrons. The largest absolute Gasteiger partial charge is 0.486 e. The first kappa shape index (κ1) is 14.1. The molecule has 0 radical (unpaired) electrons. The van der Waals surface area contributed by atoms with Crippen LogP contribution in [0.1, 0.15) is 11.1 Å². The van der Waals surface area contributed by atoms with Gasteiger partial charge in [0, 0.05) is 5.56 Å². The Balaban J connectivity index is 2.15. The molecular formula is C14H11Cl2NOS. The summed E-state index contributed by atoms with van der Waals surface area (Å²) >= 11 is 17.0. The van der Waals surface area contributed by atoms with Crippen molar-refractivity contribution in [2.75, 3.05) is 0 Å². The zero-order valence-corrected chi connectivity index (χ0v) is 12.2. The lowest BCUT2D eigenvalue weighted by molar-refractivity contribution is 0.306. The highest BCUT2D eigenvalue weighted by Gasteiger charge is 2.07. The van der Waals surface area contributed by atoms with Crippen LogP contribution in [-0.4, -0.2) is 4.99 Å². The van der Waals surface area contributed by atoms with Gasteiger partial charge in [-0.05, 0) is 23.8 Å². The van der Waals surface area contributed by atoms with Gasteiger partial charge in [-0.1, -0.05) is 59.7 Å². The van der Waals surface area contributed by atoms with Gasteiger partial charge in [-0.2, -0.15) is 0 Å². The lowest BCUT2D eigenvalue weighted by atomic mass is 10.1. The summed E-state index contributed by atoms with van der Waals surface area (Å²) in [6.07, 6.45) is 0. The fourth-order valence-corrected chi connectivity index (χ4v) is 2.22. The van der Waals surface area contributed by atoms with E-state index in [-0.39, 0.29) is 0 Å².